The van der Waals surface area contributed by atoms with E-state index >= 15 is 0 Å². The molecule has 2 heteroatoms. The number of carbonyl (C=O) groups excluding carboxylic acids is 1. The van der Waals surface area contributed by atoms with E-state index in [0.29, 0.717) is 11.2 Å². The van der Waals surface area contributed by atoms with Gasteiger partial charge in [0.05, 0.1) is 0 Å². The molecular weight excluding hydrogens is 186 g/mol. The zero-order valence-corrected chi connectivity index (χ0v) is 10.7. The highest BCUT2D eigenvalue weighted by Gasteiger charge is 2.35. The molecule has 0 saturated heterocycles. The van der Waals surface area contributed by atoms with E-state index in [4.69, 9.17) is 0 Å². The summed E-state index contributed by atoms with van der Waals surface area (Å²) in [6.45, 7) is 5.71. The summed E-state index contributed by atoms with van der Waals surface area (Å²) in [5.41, 5.74) is 0.408. The van der Waals surface area contributed by atoms with Crippen molar-refractivity contribution in [2.45, 2.75) is 46.0 Å². The fraction of sp³-hybridized carbons (Fsp3) is 0.923. The van der Waals surface area contributed by atoms with Crippen LogP contribution in [0.15, 0.2) is 0 Å². The summed E-state index contributed by atoms with van der Waals surface area (Å²) >= 11 is 0. The van der Waals surface area contributed by atoms with E-state index in [9.17, 15) is 4.79 Å². The van der Waals surface area contributed by atoms with Gasteiger partial charge in [-0.1, -0.05) is 13.8 Å². The largest absolute Gasteiger partial charge is 0.309 e. The SMILES string of the molecule is CC(C)CC1(CN(C)C)CCC(=O)CC1. The second-order valence-corrected chi connectivity index (χ2v) is 5.87. The molecule has 0 N–H and O–H groups in total. The van der Waals surface area contributed by atoms with E-state index in [1.54, 1.807) is 0 Å². The highest BCUT2D eigenvalue weighted by atomic mass is 16.1. The van der Waals surface area contributed by atoms with Gasteiger partial charge in [-0.2, -0.15) is 0 Å². The average molecular weight is 211 g/mol. The van der Waals surface area contributed by atoms with Crippen molar-refractivity contribution >= 4 is 5.78 Å². The molecule has 0 aromatic rings. The predicted molar refractivity (Wildman–Crippen MR) is 63.9 cm³/mol. The Labute approximate surface area is 94.0 Å². The monoisotopic (exact) mass is 211 g/mol. The van der Waals surface area contributed by atoms with Crippen molar-refractivity contribution in [1.29, 1.82) is 0 Å². The van der Waals surface area contributed by atoms with Crippen LogP contribution in [-0.4, -0.2) is 31.3 Å². The first kappa shape index (κ1) is 12.7. The Kier molecular flexibility index (Phi) is 4.32. The van der Waals surface area contributed by atoms with Gasteiger partial charge in [0.25, 0.3) is 0 Å². The second-order valence-electron chi connectivity index (χ2n) is 5.87. The lowest BCUT2D eigenvalue weighted by molar-refractivity contribution is -0.123. The van der Waals surface area contributed by atoms with Crippen LogP contribution in [0.1, 0.15) is 46.0 Å². The number of hydrogen-bond donors (Lipinski definition) is 0. The lowest BCUT2D eigenvalue weighted by Gasteiger charge is -2.40. The van der Waals surface area contributed by atoms with Crippen molar-refractivity contribution in [3.8, 4) is 0 Å². The zero-order valence-electron chi connectivity index (χ0n) is 10.7. The van der Waals surface area contributed by atoms with E-state index in [-0.39, 0.29) is 0 Å². The van der Waals surface area contributed by atoms with Gasteiger partial charge in [-0.05, 0) is 44.7 Å². The molecule has 1 aliphatic rings. The van der Waals surface area contributed by atoms with E-state index in [1.807, 2.05) is 0 Å². The molecule has 0 heterocycles. The minimum atomic E-state index is 0.408. The molecule has 1 rings (SSSR count). The first-order valence-electron chi connectivity index (χ1n) is 6.10. The predicted octanol–water partition coefficient (Wildman–Crippen LogP) is 2.72. The van der Waals surface area contributed by atoms with Gasteiger partial charge < -0.3 is 4.90 Å². The van der Waals surface area contributed by atoms with Gasteiger partial charge in [-0.25, -0.2) is 0 Å². The Hall–Kier alpha value is -0.370. The smallest absolute Gasteiger partial charge is 0.132 e. The molecule has 2 nitrogen and oxygen atoms in total. The van der Waals surface area contributed by atoms with Crippen LogP contribution >= 0.6 is 0 Å². The van der Waals surface area contributed by atoms with Crippen LogP contribution in [0.2, 0.25) is 0 Å². The molecule has 0 aliphatic heterocycles. The van der Waals surface area contributed by atoms with Gasteiger partial charge in [0.15, 0.2) is 0 Å². The molecule has 0 aromatic heterocycles. The van der Waals surface area contributed by atoms with Crippen molar-refractivity contribution < 1.29 is 4.79 Å². The fourth-order valence-corrected chi connectivity index (χ4v) is 3.02. The number of carbonyl (C=O) groups is 1. The standard InChI is InChI=1S/C13H25NO/c1-11(2)9-13(10-14(3)4)7-5-12(15)6-8-13/h11H,5-10H2,1-4H3. The molecule has 88 valence electrons. The Morgan fingerprint density at radius 3 is 2.20 bits per heavy atom. The summed E-state index contributed by atoms with van der Waals surface area (Å²) in [4.78, 5) is 13.6. The number of nitrogens with zero attached hydrogens (tertiary/aromatic N) is 1. The van der Waals surface area contributed by atoms with Gasteiger partial charge in [0, 0.05) is 19.4 Å². The molecule has 15 heavy (non-hydrogen) atoms. The van der Waals surface area contributed by atoms with Crippen LogP contribution < -0.4 is 0 Å². The normalized spacial score (nSPS) is 21.3. The molecule has 0 amide bonds. The summed E-state index contributed by atoms with van der Waals surface area (Å²) in [5, 5.41) is 0. The van der Waals surface area contributed by atoms with Crippen LogP contribution in [0.25, 0.3) is 0 Å². The highest BCUT2D eigenvalue weighted by Crippen LogP contribution is 2.40. The molecule has 0 unspecified atom stereocenters. The first-order valence-corrected chi connectivity index (χ1v) is 6.10. The lowest BCUT2D eigenvalue weighted by Crippen LogP contribution is -2.38. The van der Waals surface area contributed by atoms with Crippen molar-refractivity contribution in [2.75, 3.05) is 20.6 Å². The molecule has 1 saturated carbocycles. The Balaban J connectivity index is 2.63. The summed E-state index contributed by atoms with van der Waals surface area (Å²) in [5.74, 6) is 1.20. The highest BCUT2D eigenvalue weighted by molar-refractivity contribution is 5.79. The Morgan fingerprint density at radius 2 is 1.80 bits per heavy atom. The van der Waals surface area contributed by atoms with Crippen molar-refractivity contribution in [3.63, 3.8) is 0 Å². The maximum atomic E-state index is 11.3. The molecule has 0 bridgehead atoms. The van der Waals surface area contributed by atoms with Crippen molar-refractivity contribution in [1.82, 2.24) is 4.90 Å². The molecule has 1 aliphatic carbocycles. The summed E-state index contributed by atoms with van der Waals surface area (Å²) in [6, 6.07) is 0. The topological polar surface area (TPSA) is 20.3 Å². The number of ketones is 1. The third-order valence-electron chi connectivity index (χ3n) is 3.36. The number of hydrogen-bond acceptors (Lipinski definition) is 2. The van der Waals surface area contributed by atoms with E-state index < -0.39 is 0 Å². The second kappa shape index (κ2) is 5.11. The maximum Gasteiger partial charge on any atom is 0.132 e. The number of Topliss-reactive ketones (excluding diaryl/α,β-unsaturated/α-hetero) is 1. The Morgan fingerprint density at radius 1 is 1.27 bits per heavy atom. The third-order valence-corrected chi connectivity index (χ3v) is 3.36. The average Bonchev–Trinajstić information content (AvgIpc) is 2.08. The molecular formula is C13H25NO. The minimum Gasteiger partial charge on any atom is -0.309 e. The van der Waals surface area contributed by atoms with Gasteiger partial charge in [-0.15, -0.1) is 0 Å². The lowest BCUT2D eigenvalue weighted by atomic mass is 9.69. The van der Waals surface area contributed by atoms with Crippen LogP contribution in [0.4, 0.5) is 0 Å². The number of rotatable bonds is 4. The van der Waals surface area contributed by atoms with Crippen LogP contribution in [0.3, 0.4) is 0 Å². The molecule has 0 aromatic carbocycles. The van der Waals surface area contributed by atoms with E-state index in [1.165, 1.54) is 6.42 Å². The molecule has 1 fully saturated rings. The molecule has 0 spiro atoms. The quantitative estimate of drug-likeness (QED) is 0.712. The van der Waals surface area contributed by atoms with Crippen LogP contribution in [0, 0.1) is 11.3 Å². The summed E-state index contributed by atoms with van der Waals surface area (Å²) in [6.07, 6.45) is 5.07. The van der Waals surface area contributed by atoms with Gasteiger partial charge in [0.1, 0.15) is 5.78 Å². The van der Waals surface area contributed by atoms with Gasteiger partial charge >= 0.3 is 0 Å². The first-order chi connectivity index (χ1) is 6.93. The van der Waals surface area contributed by atoms with E-state index in [2.05, 4.69) is 32.8 Å². The molecule has 0 atom stereocenters. The fourth-order valence-electron chi connectivity index (χ4n) is 3.02. The minimum absolute atomic E-state index is 0.408. The third kappa shape index (κ3) is 3.94. The van der Waals surface area contributed by atoms with Crippen molar-refractivity contribution in [2.24, 2.45) is 11.3 Å². The molecule has 0 radical (unpaired) electrons. The van der Waals surface area contributed by atoms with Crippen molar-refractivity contribution in [3.05, 3.63) is 0 Å². The Bertz CT molecular complexity index is 199. The summed E-state index contributed by atoms with van der Waals surface area (Å²) < 4.78 is 0. The van der Waals surface area contributed by atoms with Crippen LogP contribution in [0.5, 0.6) is 0 Å². The van der Waals surface area contributed by atoms with Gasteiger partial charge in [-0.3, -0.25) is 4.79 Å². The van der Waals surface area contributed by atoms with E-state index in [0.717, 1.165) is 38.1 Å². The van der Waals surface area contributed by atoms with Crippen LogP contribution in [-0.2, 0) is 4.79 Å². The van der Waals surface area contributed by atoms with Gasteiger partial charge in [0.2, 0.25) is 0 Å². The zero-order chi connectivity index (χ0) is 11.5. The summed E-state index contributed by atoms with van der Waals surface area (Å²) in [7, 11) is 4.27. The maximum absolute atomic E-state index is 11.3.